The van der Waals surface area contributed by atoms with Crippen LogP contribution in [0.25, 0.3) is 0 Å². The largest absolute Gasteiger partial charge is 0.457 e. The number of hydrogen-bond acceptors (Lipinski definition) is 16. The van der Waals surface area contributed by atoms with E-state index >= 15 is 0 Å². The highest BCUT2D eigenvalue weighted by Crippen LogP contribution is 2.42. The SMILES string of the molecule is CC[C@H]1OC(=O)[C@H](C)C(OC2C[C@@](C)(OC)[C@@H](OC(C)=O)[C@H](C)O2)[C@H](C)C(O[C@@H]2O[C@H](C)C[C@H](N(C)C)[C@H]2OC(C)=O)[C@](C)(OC)C[C@@H](C)C(=O)/C(C)=C/[C@]1(C)OC(=O)CCl. The molecular formula is C44H72ClNO15. The van der Waals surface area contributed by atoms with Gasteiger partial charge in [0.05, 0.1) is 42.0 Å². The van der Waals surface area contributed by atoms with Gasteiger partial charge in [0, 0.05) is 46.3 Å². The number of rotatable bonds is 12. The minimum atomic E-state index is -1.59. The maximum atomic E-state index is 14.6. The van der Waals surface area contributed by atoms with E-state index < -0.39 is 114 Å². The second kappa shape index (κ2) is 21.8. The number of nitrogens with zero attached hydrogens (tertiary/aromatic N) is 1. The molecule has 3 aliphatic rings. The lowest BCUT2D eigenvalue weighted by atomic mass is 9.76. The Bertz CT molecular complexity index is 1580. The third kappa shape index (κ3) is 12.7. The molecule has 61 heavy (non-hydrogen) atoms. The van der Waals surface area contributed by atoms with Gasteiger partial charge in [-0.15, -0.1) is 11.6 Å². The summed E-state index contributed by atoms with van der Waals surface area (Å²) in [5.74, 6) is -5.78. The van der Waals surface area contributed by atoms with E-state index in [1.807, 2.05) is 39.8 Å². The summed E-state index contributed by atoms with van der Waals surface area (Å²) < 4.78 is 62.8. The van der Waals surface area contributed by atoms with Crippen LogP contribution in [0.1, 0.15) is 109 Å². The first-order valence-corrected chi connectivity index (χ1v) is 21.8. The number of alkyl halides is 1. The summed E-state index contributed by atoms with van der Waals surface area (Å²) in [6.45, 7) is 20.1. The van der Waals surface area contributed by atoms with Gasteiger partial charge < -0.3 is 52.3 Å². The number of cyclic esters (lactones) is 1. The number of halogens is 1. The Morgan fingerprint density at radius 2 is 1.46 bits per heavy atom. The van der Waals surface area contributed by atoms with E-state index in [1.54, 1.807) is 48.5 Å². The first-order chi connectivity index (χ1) is 28.3. The molecule has 3 aliphatic heterocycles. The molecule has 3 unspecified atom stereocenters. The van der Waals surface area contributed by atoms with Crippen LogP contribution in [0.15, 0.2) is 11.6 Å². The molecule has 0 radical (unpaired) electrons. The third-order valence-corrected chi connectivity index (χ3v) is 12.8. The van der Waals surface area contributed by atoms with Crippen LogP contribution in [0.4, 0.5) is 0 Å². The average molecular weight is 891 g/mol. The number of methoxy groups -OCH3 is 2. The van der Waals surface area contributed by atoms with E-state index in [0.29, 0.717) is 6.42 Å². The number of Topliss-reactive ketones (excluding diaryl/α,β-unsaturated/α-hetero) is 1. The van der Waals surface area contributed by atoms with Gasteiger partial charge in [-0.05, 0) is 93.5 Å². The van der Waals surface area contributed by atoms with Crippen molar-refractivity contribution in [1.29, 1.82) is 0 Å². The first-order valence-electron chi connectivity index (χ1n) is 21.2. The zero-order valence-electron chi connectivity index (χ0n) is 39.1. The topological polar surface area (TPSA) is 181 Å². The monoisotopic (exact) mass is 889 g/mol. The average Bonchev–Trinajstić information content (AvgIpc) is 3.18. The normalized spacial score (nSPS) is 41.5. The number of likely N-dealkylation sites (N-methyl/N-ethyl adjacent to an activating group) is 1. The second-order valence-electron chi connectivity index (χ2n) is 17.9. The first kappa shape index (κ1) is 52.6. The number of hydrogen-bond donors (Lipinski definition) is 0. The summed E-state index contributed by atoms with van der Waals surface area (Å²) in [6, 6.07) is -0.295. The van der Waals surface area contributed by atoms with Gasteiger partial charge in [-0.25, -0.2) is 0 Å². The quantitative estimate of drug-likeness (QED) is 0.139. The van der Waals surface area contributed by atoms with Crippen LogP contribution in [0.2, 0.25) is 0 Å². The maximum absolute atomic E-state index is 14.6. The van der Waals surface area contributed by atoms with Crippen molar-refractivity contribution in [2.75, 3.05) is 34.2 Å². The number of carbonyl (C=O) groups is 5. The smallest absolute Gasteiger partial charge is 0.321 e. The van der Waals surface area contributed by atoms with E-state index in [0.717, 1.165) is 0 Å². The highest BCUT2D eigenvalue weighted by molar-refractivity contribution is 6.26. The predicted octanol–water partition coefficient (Wildman–Crippen LogP) is 5.32. The fourth-order valence-corrected chi connectivity index (χ4v) is 9.36. The number of ketones is 1. The Balaban J connectivity index is 2.32. The zero-order chi connectivity index (χ0) is 46.4. The van der Waals surface area contributed by atoms with Gasteiger partial charge in [0.1, 0.15) is 17.6 Å². The van der Waals surface area contributed by atoms with Crippen LogP contribution in [-0.4, -0.2) is 147 Å². The predicted molar refractivity (Wildman–Crippen MR) is 223 cm³/mol. The molecule has 0 aliphatic carbocycles. The molecule has 0 bridgehead atoms. The third-order valence-electron chi connectivity index (χ3n) is 12.6. The molecule has 0 saturated carbocycles. The van der Waals surface area contributed by atoms with E-state index in [2.05, 4.69) is 0 Å². The molecule has 16 nitrogen and oxygen atoms in total. The Labute approximate surface area is 367 Å². The van der Waals surface area contributed by atoms with Gasteiger partial charge in [0.15, 0.2) is 36.2 Å². The fraction of sp³-hybridized carbons (Fsp3) is 0.841. The van der Waals surface area contributed by atoms with E-state index in [-0.39, 0.29) is 42.8 Å². The molecule has 0 aromatic carbocycles. The highest BCUT2D eigenvalue weighted by atomic mass is 35.5. The van der Waals surface area contributed by atoms with Crippen molar-refractivity contribution in [2.45, 2.75) is 187 Å². The molecule has 17 heteroatoms. The van der Waals surface area contributed by atoms with Crippen molar-refractivity contribution in [3.63, 3.8) is 0 Å². The highest BCUT2D eigenvalue weighted by Gasteiger charge is 2.54. The molecule has 0 aromatic rings. The summed E-state index contributed by atoms with van der Waals surface area (Å²) in [7, 11) is 6.79. The molecule has 3 rings (SSSR count). The van der Waals surface area contributed by atoms with Gasteiger partial charge in [0.2, 0.25) is 0 Å². The van der Waals surface area contributed by atoms with E-state index in [4.69, 9.17) is 59.0 Å². The minimum Gasteiger partial charge on any atom is -0.457 e. The summed E-state index contributed by atoms with van der Waals surface area (Å²) in [4.78, 5) is 68.4. The molecule has 2 saturated heterocycles. The number of allylic oxidation sites excluding steroid dienone is 1. The number of ether oxygens (including phenoxy) is 10. The molecule has 16 atom stereocenters. The van der Waals surface area contributed by atoms with Crippen molar-refractivity contribution in [3.8, 4) is 0 Å². The lowest BCUT2D eigenvalue weighted by Gasteiger charge is -2.50. The van der Waals surface area contributed by atoms with Crippen LogP contribution in [0.5, 0.6) is 0 Å². The molecular weight excluding hydrogens is 818 g/mol. The molecule has 2 fully saturated rings. The summed E-state index contributed by atoms with van der Waals surface area (Å²) in [6.07, 6.45) is -5.52. The Morgan fingerprint density at radius 3 is 1.98 bits per heavy atom. The van der Waals surface area contributed by atoms with Gasteiger partial charge in [-0.3, -0.25) is 24.0 Å². The standard InChI is InChI=1S/C44H72ClNO15/c1-17-32-42(10,61-33(49)22-45)19-23(2)35(50)24(3)20-43(11,52-15)38(60-41-37(56-29(8)47)31(46(13)14)18-25(4)54-41)26(5)36(27(6)40(51)58-32)59-34-21-44(12,53-16)39(28(7)55-34)57-30(9)48/h19,24-28,31-32,34,36-39,41H,17-18,20-22H2,1-16H3/b23-19+/t24-,25-,26+,27-,28+,31+,32-,34?,36?,37-,38?,39+,41+,42+,43-,44-/m1/s1. The Morgan fingerprint density at radius 1 is 0.869 bits per heavy atom. The van der Waals surface area contributed by atoms with Crippen LogP contribution in [0, 0.1) is 17.8 Å². The molecule has 0 spiro atoms. The van der Waals surface area contributed by atoms with Crippen molar-refractivity contribution in [2.24, 2.45) is 17.8 Å². The zero-order valence-corrected chi connectivity index (χ0v) is 39.8. The van der Waals surface area contributed by atoms with Crippen molar-refractivity contribution >= 4 is 41.3 Å². The van der Waals surface area contributed by atoms with E-state index in [1.165, 1.54) is 34.1 Å². The summed E-state index contributed by atoms with van der Waals surface area (Å²) in [5.41, 5.74) is -3.68. The molecule has 0 amide bonds. The molecule has 0 N–H and O–H groups in total. The molecule has 350 valence electrons. The molecule has 3 heterocycles. The van der Waals surface area contributed by atoms with Crippen molar-refractivity contribution < 1.29 is 71.3 Å². The number of carbonyl (C=O) groups excluding carboxylic acids is 5. The number of esters is 4. The van der Waals surface area contributed by atoms with Gasteiger partial charge >= 0.3 is 23.9 Å². The van der Waals surface area contributed by atoms with Gasteiger partial charge in [-0.1, -0.05) is 20.8 Å². The lowest BCUT2D eigenvalue weighted by Crippen LogP contribution is -2.61. The summed E-state index contributed by atoms with van der Waals surface area (Å²) in [5, 5.41) is 0. The maximum Gasteiger partial charge on any atom is 0.321 e. The second-order valence-corrected chi connectivity index (χ2v) is 18.2. The van der Waals surface area contributed by atoms with Crippen LogP contribution >= 0.6 is 11.6 Å². The van der Waals surface area contributed by atoms with Crippen LogP contribution in [-0.2, 0) is 71.3 Å². The molecule has 0 aromatic heterocycles. The van der Waals surface area contributed by atoms with E-state index in [9.17, 15) is 24.0 Å². The lowest BCUT2D eigenvalue weighted by molar-refractivity contribution is -0.320. The summed E-state index contributed by atoms with van der Waals surface area (Å²) >= 11 is 5.89. The van der Waals surface area contributed by atoms with Gasteiger partial charge in [-0.2, -0.15) is 0 Å². The van der Waals surface area contributed by atoms with Crippen LogP contribution < -0.4 is 0 Å². The van der Waals surface area contributed by atoms with Crippen molar-refractivity contribution in [3.05, 3.63) is 11.6 Å². The Hall–Kier alpha value is -2.70. The Kier molecular flexibility index (Phi) is 18.8. The minimum absolute atomic E-state index is 0.0891. The van der Waals surface area contributed by atoms with Crippen molar-refractivity contribution in [1.82, 2.24) is 4.90 Å². The van der Waals surface area contributed by atoms with Gasteiger partial charge in [0.25, 0.3) is 0 Å². The van der Waals surface area contributed by atoms with Crippen LogP contribution in [0.3, 0.4) is 0 Å². The fourth-order valence-electron chi connectivity index (χ4n) is 9.31.